The third-order valence-electron chi connectivity index (χ3n) is 8.22. The summed E-state index contributed by atoms with van der Waals surface area (Å²) in [6.07, 6.45) is 5.36. The van der Waals surface area contributed by atoms with Crippen LogP contribution in [0.1, 0.15) is 85.1 Å². The van der Waals surface area contributed by atoms with Crippen LogP contribution >= 0.6 is 0 Å². The number of alkyl carbamates (subject to hydrolysis) is 1. The first-order valence-electron chi connectivity index (χ1n) is 15.9. The maximum atomic E-state index is 14.3. The molecule has 4 atom stereocenters. The molecule has 4 N–H and O–H groups in total. The molecule has 2 aliphatic heterocycles. The maximum absolute atomic E-state index is 14.3. The van der Waals surface area contributed by atoms with Gasteiger partial charge in [0.05, 0.1) is 12.6 Å². The van der Waals surface area contributed by atoms with Gasteiger partial charge in [0.2, 0.25) is 17.6 Å². The highest BCUT2D eigenvalue weighted by molar-refractivity contribution is 6.38. The number of ether oxygens (including phenoxy) is 1. The Morgan fingerprint density at radius 3 is 2.40 bits per heavy atom. The molecule has 2 fully saturated rings. The molecule has 0 radical (unpaired) electrons. The van der Waals surface area contributed by atoms with Crippen molar-refractivity contribution in [1.82, 2.24) is 26.3 Å². The average molecular weight is 626 g/mol. The first-order valence-corrected chi connectivity index (χ1v) is 15.9. The summed E-state index contributed by atoms with van der Waals surface area (Å²) in [5.74, 6) is -2.47. The zero-order valence-electron chi connectivity index (χ0n) is 26.9. The standard InChI is InChI=1S/C33H47N5O7/c1-6-11-23-17-33(45-37-23)18-25(28(40)35-24(12-7-2)26(39)29(41)34-22-15-16-22)38(20-33)30(42)27(32(3,4)5)36-31(43)44-19-21-13-9-8-10-14-21/h8-10,13-14,17,22,24-25,27,37H,6-7,11-12,15-16,18-20H2,1-5H3,(H,34,41)(H,35,40)(H,36,43)/t24-,25-,27+,33+/m0/s1. The van der Waals surface area contributed by atoms with E-state index in [2.05, 4.69) is 21.4 Å². The predicted octanol–water partition coefficient (Wildman–Crippen LogP) is 3.02. The first kappa shape index (κ1) is 34.0. The molecule has 12 heteroatoms. The molecule has 1 aliphatic carbocycles. The average Bonchev–Trinajstić information content (AvgIpc) is 3.61. The smallest absolute Gasteiger partial charge is 0.408 e. The van der Waals surface area contributed by atoms with Crippen LogP contribution in [0.5, 0.6) is 0 Å². The van der Waals surface area contributed by atoms with E-state index in [9.17, 15) is 24.0 Å². The topological polar surface area (TPSA) is 155 Å². The molecule has 45 heavy (non-hydrogen) atoms. The van der Waals surface area contributed by atoms with E-state index in [0.29, 0.717) is 6.42 Å². The zero-order chi connectivity index (χ0) is 32.8. The molecule has 12 nitrogen and oxygen atoms in total. The maximum Gasteiger partial charge on any atom is 0.408 e. The van der Waals surface area contributed by atoms with Gasteiger partial charge in [-0.1, -0.05) is 77.8 Å². The number of nitrogens with one attached hydrogen (secondary N) is 4. The van der Waals surface area contributed by atoms with E-state index in [1.54, 1.807) is 0 Å². The number of likely N-dealkylation sites (tertiary alicyclic amines) is 1. The number of hydroxylamine groups is 1. The van der Waals surface area contributed by atoms with Crippen LogP contribution in [-0.4, -0.2) is 70.8 Å². The van der Waals surface area contributed by atoms with Gasteiger partial charge in [-0.25, -0.2) is 4.79 Å². The zero-order valence-corrected chi connectivity index (χ0v) is 26.9. The minimum atomic E-state index is -1.04. The SMILES string of the molecule is CCCC1=C[C@]2(C[C@@H](C(=O)N[C@@H](CCC)C(=O)C(=O)NC3CC3)N(C(=O)[C@@H](NC(=O)OCc3ccccc3)C(C)(C)C)C2)ON1. The van der Waals surface area contributed by atoms with Gasteiger partial charge in [0.15, 0.2) is 0 Å². The van der Waals surface area contributed by atoms with Crippen LogP contribution in [0.3, 0.4) is 0 Å². The molecule has 1 saturated carbocycles. The number of benzene rings is 1. The van der Waals surface area contributed by atoms with E-state index in [-0.39, 0.29) is 32.0 Å². The van der Waals surface area contributed by atoms with Gasteiger partial charge in [0.1, 0.15) is 24.3 Å². The van der Waals surface area contributed by atoms with Crippen molar-refractivity contribution in [2.24, 2.45) is 5.41 Å². The van der Waals surface area contributed by atoms with Crippen molar-refractivity contribution >= 4 is 29.6 Å². The summed E-state index contributed by atoms with van der Waals surface area (Å²) in [6.45, 7) is 9.42. The molecule has 2 heterocycles. The van der Waals surface area contributed by atoms with E-state index < -0.39 is 58.7 Å². The predicted molar refractivity (Wildman–Crippen MR) is 166 cm³/mol. The lowest BCUT2D eigenvalue weighted by Crippen LogP contribution is -2.59. The van der Waals surface area contributed by atoms with Gasteiger partial charge >= 0.3 is 6.09 Å². The minimum Gasteiger partial charge on any atom is -0.445 e. The number of carbonyl (C=O) groups excluding carboxylic acids is 5. The second-order valence-electron chi connectivity index (χ2n) is 13.3. The molecular weight excluding hydrogens is 578 g/mol. The Bertz CT molecular complexity index is 1290. The third kappa shape index (κ3) is 8.84. The summed E-state index contributed by atoms with van der Waals surface area (Å²) in [5, 5.41) is 8.19. The van der Waals surface area contributed by atoms with Crippen LogP contribution in [0.25, 0.3) is 0 Å². The Morgan fingerprint density at radius 2 is 1.78 bits per heavy atom. The lowest BCUT2D eigenvalue weighted by Gasteiger charge is -2.35. The number of carbonyl (C=O) groups is 5. The van der Waals surface area contributed by atoms with Gasteiger partial charge in [-0.2, -0.15) is 0 Å². The number of nitrogens with zero attached hydrogens (tertiary/aromatic N) is 1. The summed E-state index contributed by atoms with van der Waals surface area (Å²) in [5.41, 5.74) is 2.87. The van der Waals surface area contributed by atoms with Crippen molar-refractivity contribution in [3.8, 4) is 0 Å². The summed E-state index contributed by atoms with van der Waals surface area (Å²) in [4.78, 5) is 74.1. The lowest BCUT2D eigenvalue weighted by molar-refractivity contribution is -0.144. The number of Topliss-reactive ketones (excluding diaryl/α,β-unsaturated/α-hetero) is 1. The summed E-state index contributed by atoms with van der Waals surface area (Å²) in [7, 11) is 0. The van der Waals surface area contributed by atoms with Crippen molar-refractivity contribution in [3.05, 3.63) is 47.7 Å². The van der Waals surface area contributed by atoms with Crippen LogP contribution in [-0.2, 0) is 35.4 Å². The Labute approximate surface area is 265 Å². The van der Waals surface area contributed by atoms with Gasteiger partial charge in [-0.15, -0.1) is 0 Å². The van der Waals surface area contributed by atoms with Crippen molar-refractivity contribution in [2.75, 3.05) is 6.54 Å². The molecule has 0 unspecified atom stereocenters. The Kier molecular flexibility index (Phi) is 10.9. The van der Waals surface area contributed by atoms with Crippen molar-refractivity contribution in [3.63, 3.8) is 0 Å². The molecule has 1 saturated heterocycles. The van der Waals surface area contributed by atoms with Gasteiger partial charge in [0, 0.05) is 18.2 Å². The van der Waals surface area contributed by atoms with Crippen LogP contribution in [0.2, 0.25) is 0 Å². The molecule has 1 aromatic carbocycles. The van der Waals surface area contributed by atoms with Gasteiger partial charge in [0.25, 0.3) is 5.91 Å². The number of hydrogen-bond donors (Lipinski definition) is 4. The molecule has 4 rings (SSSR count). The monoisotopic (exact) mass is 625 g/mol. The second kappa shape index (κ2) is 14.4. The highest BCUT2D eigenvalue weighted by atomic mass is 16.7. The molecule has 246 valence electrons. The first-order chi connectivity index (χ1) is 21.4. The minimum absolute atomic E-state index is 0.000403. The van der Waals surface area contributed by atoms with E-state index in [1.165, 1.54) is 4.90 Å². The molecule has 0 bridgehead atoms. The fourth-order valence-electron chi connectivity index (χ4n) is 5.65. The van der Waals surface area contributed by atoms with E-state index >= 15 is 0 Å². The number of allylic oxidation sites excluding steroid dienone is 1. The van der Waals surface area contributed by atoms with Crippen LogP contribution in [0.4, 0.5) is 4.79 Å². The number of ketones is 1. The van der Waals surface area contributed by atoms with Crippen molar-refractivity contribution in [2.45, 2.75) is 116 Å². The number of amides is 4. The molecule has 1 aromatic rings. The van der Waals surface area contributed by atoms with Gasteiger partial charge < -0.3 is 25.6 Å². The van der Waals surface area contributed by atoms with E-state index in [4.69, 9.17) is 9.57 Å². The van der Waals surface area contributed by atoms with E-state index in [0.717, 1.165) is 36.9 Å². The molecule has 3 aliphatic rings. The summed E-state index contributed by atoms with van der Waals surface area (Å²) < 4.78 is 5.42. The fourth-order valence-corrected chi connectivity index (χ4v) is 5.65. The van der Waals surface area contributed by atoms with Crippen LogP contribution in [0, 0.1) is 5.41 Å². The molecular formula is C33H47N5O7. The normalized spacial score (nSPS) is 22.2. The Hall–Kier alpha value is -3.93. The van der Waals surface area contributed by atoms with E-state index in [1.807, 2.05) is 71.0 Å². The molecule has 4 amide bonds. The lowest BCUT2D eigenvalue weighted by atomic mass is 9.85. The van der Waals surface area contributed by atoms with Crippen molar-refractivity contribution in [1.29, 1.82) is 0 Å². The van der Waals surface area contributed by atoms with Crippen molar-refractivity contribution < 1.29 is 33.5 Å². The molecule has 1 spiro atoms. The Morgan fingerprint density at radius 1 is 1.07 bits per heavy atom. The quantitative estimate of drug-likeness (QED) is 0.244. The van der Waals surface area contributed by atoms with Crippen LogP contribution < -0.4 is 21.4 Å². The highest BCUT2D eigenvalue weighted by Crippen LogP contribution is 2.37. The summed E-state index contributed by atoms with van der Waals surface area (Å²) in [6, 6.07) is 6.09. The van der Waals surface area contributed by atoms with Gasteiger partial charge in [-0.3, -0.25) is 29.5 Å². The summed E-state index contributed by atoms with van der Waals surface area (Å²) >= 11 is 0. The number of rotatable bonds is 13. The third-order valence-corrected chi connectivity index (χ3v) is 8.22. The molecule has 0 aromatic heterocycles. The largest absolute Gasteiger partial charge is 0.445 e. The fraction of sp³-hybridized carbons (Fsp3) is 0.606. The Balaban J connectivity index is 1.55. The highest BCUT2D eigenvalue weighted by Gasteiger charge is 2.53. The van der Waals surface area contributed by atoms with Crippen LogP contribution in [0.15, 0.2) is 42.1 Å². The van der Waals surface area contributed by atoms with Gasteiger partial charge in [-0.05, 0) is 42.7 Å². The second-order valence-corrected chi connectivity index (χ2v) is 13.3. The number of hydrogen-bond acceptors (Lipinski definition) is 8.